The van der Waals surface area contributed by atoms with Crippen LogP contribution in [-0.2, 0) is 0 Å². The van der Waals surface area contributed by atoms with E-state index in [9.17, 15) is 5.11 Å². The second kappa shape index (κ2) is 6.07. The number of methoxy groups -OCH3 is 1. The molecule has 0 aliphatic rings. The smallest absolute Gasteiger partial charge is 0.125 e. The van der Waals surface area contributed by atoms with Gasteiger partial charge in [0.2, 0.25) is 0 Å². The van der Waals surface area contributed by atoms with Crippen LogP contribution in [0.2, 0.25) is 0 Å². The number of aliphatic hydroxyl groups is 1. The average Bonchev–Trinajstić information content (AvgIpc) is 2.45. The highest BCUT2D eigenvalue weighted by Crippen LogP contribution is 2.36. The molecule has 0 fully saturated rings. The van der Waals surface area contributed by atoms with Crippen LogP contribution in [0.1, 0.15) is 38.4 Å². The Bertz CT molecular complexity index is 548. The molecule has 0 spiro atoms. The van der Waals surface area contributed by atoms with Crippen LogP contribution in [0.25, 0.3) is 10.8 Å². The minimum atomic E-state index is -0.476. The molecule has 0 aliphatic heterocycles. The van der Waals surface area contributed by atoms with Crippen LogP contribution in [-0.4, -0.2) is 12.2 Å². The van der Waals surface area contributed by atoms with Gasteiger partial charge < -0.3 is 9.84 Å². The van der Waals surface area contributed by atoms with Crippen molar-refractivity contribution in [1.82, 2.24) is 0 Å². The van der Waals surface area contributed by atoms with Crippen molar-refractivity contribution in [2.45, 2.75) is 32.8 Å². The van der Waals surface area contributed by atoms with Gasteiger partial charge in [-0.25, -0.2) is 0 Å². The molecule has 0 saturated carbocycles. The Labute approximate surface area is 115 Å². The Morgan fingerprint density at radius 2 is 1.89 bits per heavy atom. The predicted molar refractivity (Wildman–Crippen MR) is 79.5 cm³/mol. The van der Waals surface area contributed by atoms with Crippen molar-refractivity contribution in [3.8, 4) is 5.75 Å². The first-order valence-electron chi connectivity index (χ1n) is 6.91. The van der Waals surface area contributed by atoms with E-state index in [1.54, 1.807) is 7.11 Å². The summed E-state index contributed by atoms with van der Waals surface area (Å²) in [5.74, 6) is 1.27. The van der Waals surface area contributed by atoms with Gasteiger partial charge >= 0.3 is 0 Å². The molecule has 2 heteroatoms. The maximum Gasteiger partial charge on any atom is 0.125 e. The predicted octanol–water partition coefficient (Wildman–Crippen LogP) is 4.32. The van der Waals surface area contributed by atoms with Crippen molar-refractivity contribution in [2.24, 2.45) is 5.92 Å². The summed E-state index contributed by atoms with van der Waals surface area (Å²) in [6.45, 7) is 4.32. The third-order valence-electron chi connectivity index (χ3n) is 3.81. The molecular weight excluding hydrogens is 236 g/mol. The number of aliphatic hydroxyl groups excluding tert-OH is 1. The second-order valence-corrected chi connectivity index (χ2v) is 5.17. The summed E-state index contributed by atoms with van der Waals surface area (Å²) in [5.41, 5.74) is 0.918. The average molecular weight is 258 g/mol. The maximum absolute atomic E-state index is 10.6. The zero-order valence-electron chi connectivity index (χ0n) is 11.9. The van der Waals surface area contributed by atoms with Gasteiger partial charge in [-0.1, -0.05) is 50.6 Å². The van der Waals surface area contributed by atoms with Crippen molar-refractivity contribution >= 4 is 10.8 Å². The van der Waals surface area contributed by atoms with Gasteiger partial charge in [-0.3, -0.25) is 0 Å². The van der Waals surface area contributed by atoms with Gasteiger partial charge in [0.05, 0.1) is 13.2 Å². The highest BCUT2D eigenvalue weighted by atomic mass is 16.5. The Hall–Kier alpha value is -1.54. The van der Waals surface area contributed by atoms with E-state index in [0.29, 0.717) is 5.92 Å². The molecule has 2 nitrogen and oxygen atoms in total. The number of rotatable bonds is 5. The molecule has 2 rings (SSSR count). The lowest BCUT2D eigenvalue weighted by Gasteiger charge is -2.20. The first-order valence-corrected chi connectivity index (χ1v) is 6.91. The van der Waals surface area contributed by atoms with E-state index in [1.807, 2.05) is 30.3 Å². The summed E-state index contributed by atoms with van der Waals surface area (Å²) >= 11 is 0. The summed E-state index contributed by atoms with van der Waals surface area (Å²) in [7, 11) is 1.66. The molecule has 0 heterocycles. The van der Waals surface area contributed by atoms with Crippen LogP contribution < -0.4 is 4.74 Å². The number of hydrogen-bond acceptors (Lipinski definition) is 2. The first-order chi connectivity index (χ1) is 9.17. The van der Waals surface area contributed by atoms with Gasteiger partial charge in [0.15, 0.2) is 0 Å². The monoisotopic (exact) mass is 258 g/mol. The molecule has 1 N–H and O–H groups in total. The summed E-state index contributed by atoms with van der Waals surface area (Å²) in [6, 6.07) is 12.1. The largest absolute Gasteiger partial charge is 0.496 e. The molecule has 0 aromatic heterocycles. The Morgan fingerprint density at radius 3 is 2.58 bits per heavy atom. The van der Waals surface area contributed by atoms with Crippen LogP contribution >= 0.6 is 0 Å². The second-order valence-electron chi connectivity index (χ2n) is 5.17. The van der Waals surface area contributed by atoms with E-state index in [-0.39, 0.29) is 0 Å². The third-order valence-corrected chi connectivity index (χ3v) is 3.81. The van der Waals surface area contributed by atoms with Gasteiger partial charge in [0, 0.05) is 5.56 Å². The highest BCUT2D eigenvalue weighted by Gasteiger charge is 2.18. The molecule has 0 saturated heterocycles. The minimum absolute atomic E-state index is 0.476. The lowest BCUT2D eigenvalue weighted by atomic mass is 9.92. The molecule has 0 aliphatic carbocycles. The molecule has 102 valence electrons. The van der Waals surface area contributed by atoms with Gasteiger partial charge in [-0.05, 0) is 29.2 Å². The van der Waals surface area contributed by atoms with E-state index >= 15 is 0 Å². The lowest BCUT2D eigenvalue weighted by Crippen LogP contribution is -2.06. The quantitative estimate of drug-likeness (QED) is 0.865. The van der Waals surface area contributed by atoms with Crippen LogP contribution in [0.4, 0.5) is 0 Å². The van der Waals surface area contributed by atoms with Gasteiger partial charge in [-0.15, -0.1) is 0 Å². The minimum Gasteiger partial charge on any atom is -0.496 e. The first kappa shape index (κ1) is 13.9. The Kier molecular flexibility index (Phi) is 4.43. The highest BCUT2D eigenvalue weighted by molar-refractivity contribution is 5.88. The molecule has 2 aromatic carbocycles. The summed E-state index contributed by atoms with van der Waals surface area (Å²) < 4.78 is 5.43. The van der Waals surface area contributed by atoms with Crippen molar-refractivity contribution in [3.05, 3.63) is 42.0 Å². The fraction of sp³-hybridized carbons (Fsp3) is 0.412. The fourth-order valence-corrected chi connectivity index (χ4v) is 2.46. The fourth-order valence-electron chi connectivity index (χ4n) is 2.46. The molecule has 0 bridgehead atoms. The van der Waals surface area contributed by atoms with Crippen LogP contribution in [0.3, 0.4) is 0 Å². The lowest BCUT2D eigenvalue weighted by molar-refractivity contribution is 0.144. The van der Waals surface area contributed by atoms with E-state index in [1.165, 1.54) is 0 Å². The van der Waals surface area contributed by atoms with Crippen molar-refractivity contribution in [2.75, 3.05) is 7.11 Å². The summed E-state index contributed by atoms with van der Waals surface area (Å²) in [5, 5.41) is 12.8. The van der Waals surface area contributed by atoms with Crippen LogP contribution in [0.15, 0.2) is 36.4 Å². The zero-order valence-corrected chi connectivity index (χ0v) is 11.9. The molecule has 0 amide bonds. The number of ether oxygens (including phenoxy) is 1. The van der Waals surface area contributed by atoms with Crippen molar-refractivity contribution in [3.63, 3.8) is 0 Å². The van der Waals surface area contributed by atoms with Crippen LogP contribution in [0.5, 0.6) is 5.75 Å². The van der Waals surface area contributed by atoms with Crippen molar-refractivity contribution < 1.29 is 9.84 Å². The molecule has 2 aromatic rings. The summed E-state index contributed by atoms with van der Waals surface area (Å²) in [6.07, 6.45) is 1.36. The van der Waals surface area contributed by atoms with E-state index in [4.69, 9.17) is 4.74 Å². The number of benzene rings is 2. The number of hydrogen-bond donors (Lipinski definition) is 1. The van der Waals surface area contributed by atoms with Crippen LogP contribution in [0, 0.1) is 5.92 Å². The SMILES string of the molecule is CCC(C)CC(O)c1c(OC)ccc2ccccc12. The standard InChI is InChI=1S/C17H22O2/c1-4-12(2)11-15(18)17-14-8-6-5-7-13(14)9-10-16(17)19-3/h5-10,12,15,18H,4,11H2,1-3H3. The Morgan fingerprint density at radius 1 is 1.16 bits per heavy atom. The van der Waals surface area contributed by atoms with E-state index in [2.05, 4.69) is 19.9 Å². The van der Waals surface area contributed by atoms with Crippen molar-refractivity contribution in [1.29, 1.82) is 0 Å². The topological polar surface area (TPSA) is 29.5 Å². The van der Waals surface area contributed by atoms with E-state index in [0.717, 1.165) is 34.9 Å². The third kappa shape index (κ3) is 2.90. The number of fused-ring (bicyclic) bond motifs is 1. The molecule has 19 heavy (non-hydrogen) atoms. The summed E-state index contributed by atoms with van der Waals surface area (Å²) in [4.78, 5) is 0. The molecule has 2 unspecified atom stereocenters. The molecular formula is C17H22O2. The maximum atomic E-state index is 10.6. The van der Waals surface area contributed by atoms with Gasteiger partial charge in [-0.2, -0.15) is 0 Å². The molecule has 2 atom stereocenters. The Balaban J connectivity index is 2.49. The van der Waals surface area contributed by atoms with Gasteiger partial charge in [0.1, 0.15) is 5.75 Å². The van der Waals surface area contributed by atoms with E-state index < -0.39 is 6.10 Å². The molecule has 0 radical (unpaired) electrons. The zero-order chi connectivity index (χ0) is 13.8. The normalized spacial score (nSPS) is 14.3. The van der Waals surface area contributed by atoms with Gasteiger partial charge in [0.25, 0.3) is 0 Å².